The summed E-state index contributed by atoms with van der Waals surface area (Å²) in [6, 6.07) is 10.3. The number of likely N-dealkylation sites (N-methyl/N-ethyl adjacent to an activating group) is 1. The number of rotatable bonds is 13. The average molecular weight is 503 g/mol. The van der Waals surface area contributed by atoms with E-state index in [-0.39, 0.29) is 25.1 Å². The van der Waals surface area contributed by atoms with Gasteiger partial charge in [0.2, 0.25) is 5.91 Å². The summed E-state index contributed by atoms with van der Waals surface area (Å²) in [4.78, 5) is 18.7. The molecule has 1 aromatic heterocycles. The molecule has 2 aromatic rings. The summed E-state index contributed by atoms with van der Waals surface area (Å²) in [7, 11) is 0. The van der Waals surface area contributed by atoms with Gasteiger partial charge in [-0.25, -0.2) is 0 Å². The number of fused-ring (bicyclic) bond motifs is 1. The van der Waals surface area contributed by atoms with Crippen molar-refractivity contribution in [3.8, 4) is 5.75 Å². The maximum absolute atomic E-state index is 13.4. The van der Waals surface area contributed by atoms with Crippen LogP contribution in [-0.2, 0) is 16.0 Å². The molecule has 0 fully saturated rings. The monoisotopic (exact) mass is 502 g/mol. The van der Waals surface area contributed by atoms with Gasteiger partial charge in [-0.1, -0.05) is 46.8 Å². The number of ether oxygens (including phenoxy) is 2. The molecule has 3 rings (SSSR count). The predicted octanol–water partition coefficient (Wildman–Crippen LogP) is 4.73. The highest BCUT2D eigenvalue weighted by molar-refractivity contribution is 7.10. The van der Waals surface area contributed by atoms with Gasteiger partial charge in [-0.15, -0.1) is 11.3 Å². The Bertz CT molecular complexity index is 912. The molecule has 0 bridgehead atoms. The molecule has 6 nitrogen and oxygen atoms in total. The molecule has 1 aromatic carbocycles. The minimum Gasteiger partial charge on any atom is -0.491 e. The number of carbonyl (C=O) groups excluding carboxylic acids is 1. The van der Waals surface area contributed by atoms with Gasteiger partial charge in [0.05, 0.1) is 25.3 Å². The summed E-state index contributed by atoms with van der Waals surface area (Å²) < 4.78 is 11.8. The summed E-state index contributed by atoms with van der Waals surface area (Å²) in [5, 5.41) is 12.5. The molecule has 2 atom stereocenters. The Morgan fingerprint density at radius 3 is 2.57 bits per heavy atom. The van der Waals surface area contributed by atoms with E-state index in [9.17, 15) is 9.90 Å². The lowest BCUT2D eigenvalue weighted by atomic mass is 10.00. The molecule has 0 saturated carbocycles. The first-order valence-corrected chi connectivity index (χ1v) is 13.7. The van der Waals surface area contributed by atoms with Gasteiger partial charge in [0.25, 0.3) is 0 Å². The van der Waals surface area contributed by atoms with Crippen LogP contribution in [0.15, 0.2) is 35.7 Å². The van der Waals surface area contributed by atoms with Crippen LogP contribution in [0.25, 0.3) is 0 Å². The van der Waals surface area contributed by atoms with E-state index >= 15 is 0 Å². The van der Waals surface area contributed by atoms with Gasteiger partial charge in [-0.05, 0) is 59.5 Å². The maximum atomic E-state index is 13.4. The van der Waals surface area contributed by atoms with Crippen LogP contribution in [0.5, 0.6) is 5.75 Å². The number of hydrogen-bond donors (Lipinski definition) is 1. The quantitative estimate of drug-likeness (QED) is 0.429. The highest BCUT2D eigenvalue weighted by Gasteiger charge is 2.33. The van der Waals surface area contributed by atoms with E-state index in [4.69, 9.17) is 9.47 Å². The van der Waals surface area contributed by atoms with E-state index in [2.05, 4.69) is 51.3 Å². The molecule has 0 saturated heterocycles. The minimum atomic E-state index is -0.612. The molecule has 0 spiro atoms. The van der Waals surface area contributed by atoms with E-state index < -0.39 is 6.10 Å². The predicted molar refractivity (Wildman–Crippen MR) is 142 cm³/mol. The summed E-state index contributed by atoms with van der Waals surface area (Å²) in [5.41, 5.74) is 2.47. The van der Waals surface area contributed by atoms with Gasteiger partial charge >= 0.3 is 0 Å². The van der Waals surface area contributed by atoms with E-state index in [1.165, 1.54) is 16.0 Å². The fraction of sp³-hybridized carbons (Fsp3) is 0.607. The average Bonchev–Trinajstić information content (AvgIpc) is 3.31. The highest BCUT2D eigenvalue weighted by atomic mass is 32.1. The summed E-state index contributed by atoms with van der Waals surface area (Å²) >= 11 is 1.76. The fourth-order valence-electron chi connectivity index (χ4n) is 4.38. The van der Waals surface area contributed by atoms with Crippen LogP contribution < -0.4 is 4.74 Å². The second kappa shape index (κ2) is 13.4. The Kier molecular flexibility index (Phi) is 10.6. The third-order valence-corrected chi connectivity index (χ3v) is 7.40. The number of thiophene rings is 1. The lowest BCUT2D eigenvalue weighted by Crippen LogP contribution is -2.48. The van der Waals surface area contributed by atoms with Gasteiger partial charge in [-0.2, -0.15) is 0 Å². The van der Waals surface area contributed by atoms with E-state index in [0.29, 0.717) is 44.7 Å². The molecule has 1 aliphatic heterocycles. The zero-order valence-electron chi connectivity index (χ0n) is 21.9. The van der Waals surface area contributed by atoms with Crippen LogP contribution in [0.1, 0.15) is 62.6 Å². The lowest BCUT2D eigenvalue weighted by Gasteiger charge is -2.37. The standard InChI is InChI=1S/C28H42N2O4S/c1-6-29(15-23(31)18-33-17-20(2)3)16-28(32)30-13-11-27-25(12-14-35-27)26(30)19-34-24-9-7-22(8-10-24)21(4)5/h7-10,12,14,20-21,23,26,31H,6,11,13,15-19H2,1-5H3/t23-,26+/m1/s1. The minimum absolute atomic E-state index is 0.0720. The van der Waals surface area contributed by atoms with Crippen LogP contribution in [0, 0.1) is 5.92 Å². The molecular formula is C28H42N2O4S. The largest absolute Gasteiger partial charge is 0.491 e. The van der Waals surface area contributed by atoms with Gasteiger partial charge in [0.15, 0.2) is 0 Å². The zero-order chi connectivity index (χ0) is 25.4. The van der Waals surface area contributed by atoms with E-state index in [1.807, 2.05) is 28.9 Å². The Morgan fingerprint density at radius 2 is 1.91 bits per heavy atom. The van der Waals surface area contributed by atoms with E-state index in [1.54, 1.807) is 11.3 Å². The molecule has 1 amide bonds. The Hall–Kier alpha value is -1.93. The number of benzene rings is 1. The van der Waals surface area contributed by atoms with Crippen LogP contribution in [0.2, 0.25) is 0 Å². The highest BCUT2D eigenvalue weighted by Crippen LogP contribution is 2.34. The second-order valence-corrected chi connectivity index (χ2v) is 11.1. The number of carbonyl (C=O) groups is 1. The molecule has 0 aliphatic carbocycles. The molecule has 0 unspecified atom stereocenters. The smallest absolute Gasteiger partial charge is 0.237 e. The van der Waals surface area contributed by atoms with Crippen molar-refractivity contribution >= 4 is 17.2 Å². The van der Waals surface area contributed by atoms with Crippen LogP contribution >= 0.6 is 11.3 Å². The first-order chi connectivity index (χ1) is 16.8. The summed E-state index contributed by atoms with van der Waals surface area (Å²) in [6.07, 6.45) is 0.259. The SMILES string of the molecule is CCN(CC(=O)N1CCc2sccc2[C@@H]1COc1ccc(C(C)C)cc1)C[C@@H](O)COCC(C)C. The summed E-state index contributed by atoms with van der Waals surface area (Å²) in [5.74, 6) is 1.80. The molecule has 35 heavy (non-hydrogen) atoms. The third-order valence-electron chi connectivity index (χ3n) is 6.41. The van der Waals surface area contributed by atoms with Crippen molar-refractivity contribution < 1.29 is 19.4 Å². The Labute approximate surface area is 214 Å². The second-order valence-electron chi connectivity index (χ2n) is 10.1. The van der Waals surface area contributed by atoms with Gasteiger partial charge in [0.1, 0.15) is 12.4 Å². The fourth-order valence-corrected chi connectivity index (χ4v) is 5.31. The molecule has 0 radical (unpaired) electrons. The topological polar surface area (TPSA) is 62.2 Å². The summed E-state index contributed by atoms with van der Waals surface area (Å²) in [6.45, 7) is 13.9. The Balaban J connectivity index is 1.62. The van der Waals surface area contributed by atoms with Gasteiger partial charge in [-0.3, -0.25) is 9.69 Å². The van der Waals surface area contributed by atoms with E-state index in [0.717, 1.165) is 12.2 Å². The molecule has 194 valence electrons. The number of aliphatic hydroxyl groups excluding tert-OH is 1. The molecule has 7 heteroatoms. The number of amides is 1. The lowest BCUT2D eigenvalue weighted by molar-refractivity contribution is -0.136. The van der Waals surface area contributed by atoms with Crippen molar-refractivity contribution in [1.82, 2.24) is 9.80 Å². The number of aliphatic hydroxyl groups is 1. The number of nitrogens with zero attached hydrogens (tertiary/aromatic N) is 2. The molecule has 2 heterocycles. The van der Waals surface area contributed by atoms with Crippen molar-refractivity contribution in [1.29, 1.82) is 0 Å². The van der Waals surface area contributed by atoms with Crippen molar-refractivity contribution in [2.75, 3.05) is 46.0 Å². The first-order valence-electron chi connectivity index (χ1n) is 12.8. The van der Waals surface area contributed by atoms with Crippen molar-refractivity contribution in [3.05, 3.63) is 51.7 Å². The number of hydrogen-bond acceptors (Lipinski definition) is 6. The normalized spacial score (nSPS) is 16.7. The molecule has 1 N–H and O–H groups in total. The van der Waals surface area contributed by atoms with Crippen LogP contribution in [0.3, 0.4) is 0 Å². The van der Waals surface area contributed by atoms with Crippen molar-refractivity contribution in [2.24, 2.45) is 5.92 Å². The van der Waals surface area contributed by atoms with Gasteiger partial charge < -0.3 is 19.5 Å². The molecular weight excluding hydrogens is 460 g/mol. The van der Waals surface area contributed by atoms with Crippen LogP contribution in [0.4, 0.5) is 0 Å². The van der Waals surface area contributed by atoms with Crippen LogP contribution in [-0.4, -0.2) is 72.9 Å². The van der Waals surface area contributed by atoms with Crippen molar-refractivity contribution in [2.45, 2.75) is 59.1 Å². The molecule has 1 aliphatic rings. The zero-order valence-corrected chi connectivity index (χ0v) is 22.7. The first kappa shape index (κ1) is 27.7. The van der Waals surface area contributed by atoms with Crippen molar-refractivity contribution in [3.63, 3.8) is 0 Å². The Morgan fingerprint density at radius 1 is 1.17 bits per heavy atom. The maximum Gasteiger partial charge on any atom is 0.237 e. The van der Waals surface area contributed by atoms with Gasteiger partial charge in [0, 0.05) is 24.6 Å². The third kappa shape index (κ3) is 8.04.